The molecule has 0 fully saturated rings. The summed E-state index contributed by atoms with van der Waals surface area (Å²) in [5.74, 6) is 0.569. The van der Waals surface area contributed by atoms with E-state index in [0.29, 0.717) is 24.3 Å². The van der Waals surface area contributed by atoms with E-state index in [1.807, 2.05) is 55.5 Å². The molecule has 0 heterocycles. The van der Waals surface area contributed by atoms with Crippen LogP contribution < -0.4 is 10.1 Å². The molecule has 0 aliphatic carbocycles. The fraction of sp³-hybridized carbons (Fsp3) is 0.300. The van der Waals surface area contributed by atoms with Gasteiger partial charge < -0.3 is 15.0 Å². The van der Waals surface area contributed by atoms with E-state index in [1.54, 1.807) is 19.0 Å². The summed E-state index contributed by atoms with van der Waals surface area (Å²) < 4.78 is 5.54. The molecule has 1 N–H and O–H groups in total. The molecule has 0 saturated carbocycles. The summed E-state index contributed by atoms with van der Waals surface area (Å²) >= 11 is 0. The van der Waals surface area contributed by atoms with Gasteiger partial charge in [-0.2, -0.15) is 0 Å². The number of ether oxygens (including phenoxy) is 1. The second-order valence-electron chi connectivity index (χ2n) is 6.09. The minimum atomic E-state index is -0.218. The number of aryl methyl sites for hydroxylation is 2. The van der Waals surface area contributed by atoms with E-state index >= 15 is 0 Å². The molecule has 0 radical (unpaired) electrons. The number of para-hydroxylation sites is 1. The summed E-state index contributed by atoms with van der Waals surface area (Å²) in [5, 5.41) is 2.82. The Balaban J connectivity index is 1.87. The number of anilines is 1. The average Bonchev–Trinajstić information content (AvgIpc) is 2.59. The van der Waals surface area contributed by atoms with Gasteiger partial charge in [0.05, 0.1) is 0 Å². The van der Waals surface area contributed by atoms with Gasteiger partial charge in [-0.25, -0.2) is 0 Å². The Bertz CT molecular complexity index is 741. The van der Waals surface area contributed by atoms with Crippen LogP contribution in [0.5, 0.6) is 5.75 Å². The van der Waals surface area contributed by atoms with E-state index in [2.05, 4.69) is 5.32 Å². The molecule has 5 heteroatoms. The van der Waals surface area contributed by atoms with E-state index in [4.69, 9.17) is 4.74 Å². The van der Waals surface area contributed by atoms with Crippen LogP contribution in [0.15, 0.2) is 48.5 Å². The average molecular weight is 340 g/mol. The SMILES string of the molecule is Cc1ccccc1OCC(=O)Nc1cccc(CCC(=O)N(C)C)c1. The largest absolute Gasteiger partial charge is 0.483 e. The van der Waals surface area contributed by atoms with Crippen LogP contribution in [-0.4, -0.2) is 37.4 Å². The topological polar surface area (TPSA) is 58.6 Å². The minimum Gasteiger partial charge on any atom is -0.483 e. The molecule has 2 aromatic carbocycles. The second kappa shape index (κ2) is 8.87. The molecule has 0 aliphatic rings. The molecule has 0 saturated heterocycles. The van der Waals surface area contributed by atoms with Gasteiger partial charge in [0, 0.05) is 26.2 Å². The van der Waals surface area contributed by atoms with E-state index in [9.17, 15) is 9.59 Å². The van der Waals surface area contributed by atoms with Crippen molar-refractivity contribution in [2.24, 2.45) is 0 Å². The monoisotopic (exact) mass is 340 g/mol. The molecule has 0 spiro atoms. The summed E-state index contributed by atoms with van der Waals surface area (Å²) in [6.45, 7) is 1.89. The maximum Gasteiger partial charge on any atom is 0.262 e. The van der Waals surface area contributed by atoms with Gasteiger partial charge in [-0.1, -0.05) is 30.3 Å². The number of nitrogens with one attached hydrogen (secondary N) is 1. The van der Waals surface area contributed by atoms with Crippen molar-refractivity contribution in [3.8, 4) is 5.75 Å². The highest BCUT2D eigenvalue weighted by Gasteiger charge is 2.07. The smallest absolute Gasteiger partial charge is 0.262 e. The van der Waals surface area contributed by atoms with Crippen molar-refractivity contribution in [1.82, 2.24) is 4.90 Å². The molecule has 0 atom stereocenters. The molecule has 5 nitrogen and oxygen atoms in total. The molecular weight excluding hydrogens is 316 g/mol. The van der Waals surface area contributed by atoms with Gasteiger partial charge >= 0.3 is 0 Å². The lowest BCUT2D eigenvalue weighted by atomic mass is 10.1. The normalized spacial score (nSPS) is 10.2. The molecule has 0 aliphatic heterocycles. The third-order valence-corrected chi connectivity index (χ3v) is 3.79. The summed E-state index contributed by atoms with van der Waals surface area (Å²) in [5.41, 5.74) is 2.70. The lowest BCUT2D eigenvalue weighted by Gasteiger charge is -2.11. The predicted octanol–water partition coefficient (Wildman–Crippen LogP) is 3.03. The predicted molar refractivity (Wildman–Crippen MR) is 98.8 cm³/mol. The van der Waals surface area contributed by atoms with Gasteiger partial charge in [-0.05, 0) is 42.7 Å². The van der Waals surface area contributed by atoms with Crippen molar-refractivity contribution in [3.63, 3.8) is 0 Å². The van der Waals surface area contributed by atoms with Gasteiger partial charge in [0.15, 0.2) is 6.61 Å². The Hall–Kier alpha value is -2.82. The Labute approximate surface area is 148 Å². The fourth-order valence-corrected chi connectivity index (χ4v) is 2.34. The third-order valence-electron chi connectivity index (χ3n) is 3.79. The van der Waals surface area contributed by atoms with E-state index in [1.165, 1.54) is 0 Å². The molecule has 0 unspecified atom stereocenters. The molecule has 0 aromatic heterocycles. The fourth-order valence-electron chi connectivity index (χ4n) is 2.34. The molecule has 2 amide bonds. The summed E-state index contributed by atoms with van der Waals surface area (Å²) in [7, 11) is 3.49. The number of rotatable bonds is 7. The van der Waals surface area contributed by atoms with Gasteiger partial charge in [0.1, 0.15) is 5.75 Å². The number of hydrogen-bond donors (Lipinski definition) is 1. The first-order chi connectivity index (χ1) is 12.0. The summed E-state index contributed by atoms with van der Waals surface area (Å²) in [6, 6.07) is 15.1. The van der Waals surface area contributed by atoms with Gasteiger partial charge in [0.2, 0.25) is 5.91 Å². The van der Waals surface area contributed by atoms with E-state index in [-0.39, 0.29) is 18.4 Å². The van der Waals surface area contributed by atoms with Crippen molar-refractivity contribution in [2.75, 3.05) is 26.0 Å². The zero-order valence-corrected chi connectivity index (χ0v) is 14.9. The van der Waals surface area contributed by atoms with Crippen LogP contribution in [0.25, 0.3) is 0 Å². The number of hydrogen-bond acceptors (Lipinski definition) is 3. The highest BCUT2D eigenvalue weighted by molar-refractivity contribution is 5.92. The Morgan fingerprint density at radius 2 is 1.84 bits per heavy atom. The number of carbonyl (C=O) groups is 2. The maximum atomic E-state index is 12.1. The zero-order valence-electron chi connectivity index (χ0n) is 14.9. The van der Waals surface area contributed by atoms with E-state index in [0.717, 1.165) is 11.1 Å². The van der Waals surface area contributed by atoms with Crippen LogP contribution in [-0.2, 0) is 16.0 Å². The summed E-state index contributed by atoms with van der Waals surface area (Å²) in [6.07, 6.45) is 1.08. The Morgan fingerprint density at radius 1 is 1.08 bits per heavy atom. The van der Waals surface area contributed by atoms with Crippen molar-refractivity contribution < 1.29 is 14.3 Å². The van der Waals surface area contributed by atoms with Crippen LogP contribution >= 0.6 is 0 Å². The third kappa shape index (κ3) is 5.95. The Morgan fingerprint density at radius 3 is 2.56 bits per heavy atom. The van der Waals surface area contributed by atoms with Crippen molar-refractivity contribution in [3.05, 3.63) is 59.7 Å². The van der Waals surface area contributed by atoms with Crippen LogP contribution in [0.3, 0.4) is 0 Å². The first-order valence-corrected chi connectivity index (χ1v) is 8.23. The first kappa shape index (κ1) is 18.5. The lowest BCUT2D eigenvalue weighted by Crippen LogP contribution is -2.22. The molecule has 2 rings (SSSR count). The van der Waals surface area contributed by atoms with Crippen LogP contribution in [0.2, 0.25) is 0 Å². The molecular formula is C20H24N2O3. The number of carbonyl (C=O) groups excluding carboxylic acids is 2. The highest BCUT2D eigenvalue weighted by atomic mass is 16.5. The van der Waals surface area contributed by atoms with Crippen molar-refractivity contribution in [2.45, 2.75) is 19.8 Å². The highest BCUT2D eigenvalue weighted by Crippen LogP contribution is 2.16. The van der Waals surface area contributed by atoms with Crippen LogP contribution in [0.1, 0.15) is 17.5 Å². The number of amides is 2. The van der Waals surface area contributed by atoms with Gasteiger partial charge in [0.25, 0.3) is 5.91 Å². The molecule has 25 heavy (non-hydrogen) atoms. The maximum absolute atomic E-state index is 12.1. The van der Waals surface area contributed by atoms with Crippen molar-refractivity contribution in [1.29, 1.82) is 0 Å². The lowest BCUT2D eigenvalue weighted by molar-refractivity contribution is -0.128. The van der Waals surface area contributed by atoms with Crippen LogP contribution in [0.4, 0.5) is 5.69 Å². The molecule has 2 aromatic rings. The number of benzene rings is 2. The number of nitrogens with zero attached hydrogens (tertiary/aromatic N) is 1. The van der Waals surface area contributed by atoms with Crippen molar-refractivity contribution >= 4 is 17.5 Å². The standard InChI is InChI=1S/C20H24N2O3/c1-15-7-4-5-10-18(15)25-14-19(23)21-17-9-6-8-16(13-17)11-12-20(24)22(2)3/h4-10,13H,11-12,14H2,1-3H3,(H,21,23). The van der Waals surface area contributed by atoms with Crippen LogP contribution in [0, 0.1) is 6.92 Å². The Kier molecular flexibility index (Phi) is 6.57. The molecule has 132 valence electrons. The zero-order chi connectivity index (χ0) is 18.2. The quantitative estimate of drug-likeness (QED) is 0.843. The van der Waals surface area contributed by atoms with E-state index < -0.39 is 0 Å². The van der Waals surface area contributed by atoms with Gasteiger partial charge in [-0.15, -0.1) is 0 Å². The van der Waals surface area contributed by atoms with Gasteiger partial charge in [-0.3, -0.25) is 9.59 Å². The second-order valence-corrected chi connectivity index (χ2v) is 6.09. The minimum absolute atomic E-state index is 0.0474. The summed E-state index contributed by atoms with van der Waals surface area (Å²) in [4.78, 5) is 25.3. The molecule has 0 bridgehead atoms. The first-order valence-electron chi connectivity index (χ1n) is 8.23.